The van der Waals surface area contributed by atoms with Crippen LogP contribution >= 0.6 is 0 Å². The van der Waals surface area contributed by atoms with Crippen molar-refractivity contribution in [3.05, 3.63) is 41.7 Å². The van der Waals surface area contributed by atoms with Crippen LogP contribution in [0.5, 0.6) is 0 Å². The highest BCUT2D eigenvalue weighted by atomic mass is 16.4. The first kappa shape index (κ1) is 21.4. The second-order valence-electron chi connectivity index (χ2n) is 6.32. The summed E-state index contributed by atoms with van der Waals surface area (Å²) < 4.78 is 0. The Labute approximate surface area is 153 Å². The molecule has 1 aliphatic rings. The number of aliphatic hydroxyl groups is 1. The minimum absolute atomic E-state index is 0.405. The molecule has 2 atom stereocenters. The summed E-state index contributed by atoms with van der Waals surface area (Å²) in [7, 11) is 2.13. The molecule has 0 amide bonds. The number of nitrogens with zero attached hydrogens (tertiary/aromatic N) is 2. The molecule has 2 rings (SSSR count). The summed E-state index contributed by atoms with van der Waals surface area (Å²) in [5.74, 6) is -0.0737. The van der Waals surface area contributed by atoms with Crippen molar-refractivity contribution in [3.63, 3.8) is 0 Å². The van der Waals surface area contributed by atoms with Crippen molar-refractivity contribution < 1.29 is 24.9 Å². The fourth-order valence-corrected chi connectivity index (χ4v) is 2.76. The molecular weight excluding hydrogens is 336 g/mol. The maximum Gasteiger partial charge on any atom is 0.328 e. The Morgan fingerprint density at radius 2 is 2.04 bits per heavy atom. The average molecular weight is 360 g/mol. The number of carbonyl (C=O) groups is 2. The molecule has 2 heterocycles. The predicted octanol–water partition coefficient (Wildman–Crippen LogP) is 1.49. The Kier molecular flexibility index (Phi) is 7.97. The number of pyridine rings is 1. The van der Waals surface area contributed by atoms with Gasteiger partial charge in [0.15, 0.2) is 0 Å². The van der Waals surface area contributed by atoms with E-state index in [9.17, 15) is 14.7 Å². The quantitative estimate of drug-likeness (QED) is 0.539. The van der Waals surface area contributed by atoms with Crippen molar-refractivity contribution in [2.24, 2.45) is 0 Å². The van der Waals surface area contributed by atoms with Crippen LogP contribution < -0.4 is 0 Å². The van der Waals surface area contributed by atoms with Crippen molar-refractivity contribution in [1.82, 2.24) is 9.88 Å². The summed E-state index contributed by atoms with van der Waals surface area (Å²) in [5, 5.41) is 25.7. The van der Waals surface area contributed by atoms with Crippen molar-refractivity contribution in [3.8, 4) is 12.3 Å². The maximum atomic E-state index is 10.0. The fourth-order valence-electron chi connectivity index (χ4n) is 2.76. The normalized spacial score (nSPS) is 19.2. The third kappa shape index (κ3) is 7.05. The van der Waals surface area contributed by atoms with Crippen molar-refractivity contribution in [1.29, 1.82) is 0 Å². The van der Waals surface area contributed by atoms with Gasteiger partial charge in [-0.3, -0.25) is 9.88 Å². The number of rotatable bonds is 5. The highest BCUT2D eigenvalue weighted by Crippen LogP contribution is 2.33. The van der Waals surface area contributed by atoms with E-state index in [4.69, 9.17) is 16.6 Å². The van der Waals surface area contributed by atoms with Crippen LogP contribution in [0.15, 0.2) is 30.6 Å². The molecule has 1 aromatic heterocycles. The molecule has 2 unspecified atom stereocenters. The number of carboxylic acids is 2. The Hall–Kier alpha value is -2.69. The van der Waals surface area contributed by atoms with E-state index in [1.165, 1.54) is 12.0 Å². The molecule has 0 spiro atoms. The van der Waals surface area contributed by atoms with Gasteiger partial charge in [-0.05, 0) is 50.6 Å². The number of hydrogen-bond acceptors (Lipinski definition) is 5. The molecule has 7 nitrogen and oxygen atoms in total. The van der Waals surface area contributed by atoms with E-state index in [1.807, 2.05) is 12.3 Å². The maximum absolute atomic E-state index is 10.0. The van der Waals surface area contributed by atoms with Gasteiger partial charge in [-0.25, -0.2) is 9.59 Å². The highest BCUT2D eigenvalue weighted by molar-refractivity contribution is 5.89. The molecule has 7 heteroatoms. The van der Waals surface area contributed by atoms with Crippen LogP contribution in [0.4, 0.5) is 0 Å². The van der Waals surface area contributed by atoms with Gasteiger partial charge < -0.3 is 15.3 Å². The first-order valence-electron chi connectivity index (χ1n) is 8.13. The van der Waals surface area contributed by atoms with Crippen molar-refractivity contribution >= 4 is 11.9 Å². The molecule has 1 fully saturated rings. The first-order chi connectivity index (χ1) is 12.2. The number of likely N-dealkylation sites (tertiary alicyclic amines) is 1. The summed E-state index contributed by atoms with van der Waals surface area (Å²) >= 11 is 0. The van der Waals surface area contributed by atoms with E-state index in [2.05, 4.69) is 22.9 Å². The first-order valence-corrected chi connectivity index (χ1v) is 8.13. The third-order valence-electron chi connectivity index (χ3n) is 4.04. The Balaban J connectivity index is 0.000000359. The third-order valence-corrected chi connectivity index (χ3v) is 4.04. The van der Waals surface area contributed by atoms with E-state index in [0.29, 0.717) is 24.6 Å². The summed E-state index contributed by atoms with van der Waals surface area (Å²) in [6.07, 6.45) is 13.0. The zero-order valence-electron chi connectivity index (χ0n) is 14.9. The minimum atomic E-state index is -1.26. The predicted molar refractivity (Wildman–Crippen MR) is 96.4 cm³/mol. The summed E-state index contributed by atoms with van der Waals surface area (Å²) in [5.41, 5.74) is 1.22. The number of hydrogen-bond donors (Lipinski definition) is 3. The topological polar surface area (TPSA) is 111 Å². The monoisotopic (exact) mass is 360 g/mol. The molecule has 0 saturated carbocycles. The van der Waals surface area contributed by atoms with Crippen LogP contribution in [-0.2, 0) is 16.0 Å². The lowest BCUT2D eigenvalue weighted by Gasteiger charge is -2.24. The van der Waals surface area contributed by atoms with Gasteiger partial charge >= 0.3 is 11.9 Å². The zero-order valence-corrected chi connectivity index (χ0v) is 14.9. The number of carboxylic acid groups (broad SMARTS) is 2. The van der Waals surface area contributed by atoms with Crippen molar-refractivity contribution in [2.45, 2.75) is 37.8 Å². The van der Waals surface area contributed by atoms with Gasteiger partial charge in [-0.2, -0.15) is 0 Å². The molecule has 0 bridgehead atoms. The average Bonchev–Trinajstić information content (AvgIpc) is 3.00. The second-order valence-corrected chi connectivity index (χ2v) is 6.32. The van der Waals surface area contributed by atoms with Gasteiger partial charge in [-0.1, -0.05) is 5.92 Å². The number of aromatic nitrogens is 1. The van der Waals surface area contributed by atoms with Crippen LogP contribution in [0.1, 0.15) is 36.9 Å². The van der Waals surface area contributed by atoms with Crippen LogP contribution in [0, 0.1) is 12.3 Å². The van der Waals surface area contributed by atoms with Gasteiger partial charge in [-0.15, -0.1) is 6.42 Å². The van der Waals surface area contributed by atoms with Gasteiger partial charge in [0.1, 0.15) is 5.60 Å². The molecular formula is C19H24N2O5. The molecule has 3 N–H and O–H groups in total. The van der Waals surface area contributed by atoms with E-state index < -0.39 is 17.5 Å². The van der Waals surface area contributed by atoms with Gasteiger partial charge in [0.05, 0.1) is 0 Å². The molecule has 1 aromatic rings. The highest BCUT2D eigenvalue weighted by Gasteiger charge is 2.27. The SMILES string of the molecule is C#CC(C)(O)Cc1ccncc1C1CCCN1C.O=C(O)C=CC(=O)O. The lowest BCUT2D eigenvalue weighted by Crippen LogP contribution is -2.26. The van der Waals surface area contributed by atoms with Gasteiger partial charge in [0, 0.05) is 37.0 Å². The van der Waals surface area contributed by atoms with Gasteiger partial charge in [0.2, 0.25) is 0 Å². The zero-order chi connectivity index (χ0) is 19.7. The molecule has 1 aliphatic heterocycles. The van der Waals surface area contributed by atoms with Crippen LogP contribution in [0.25, 0.3) is 0 Å². The summed E-state index contributed by atoms with van der Waals surface area (Å²) in [4.78, 5) is 25.7. The van der Waals surface area contributed by atoms with Gasteiger partial charge in [0.25, 0.3) is 0 Å². The second kappa shape index (κ2) is 9.70. The van der Waals surface area contributed by atoms with Crippen LogP contribution in [0.2, 0.25) is 0 Å². The van der Waals surface area contributed by atoms with Crippen LogP contribution in [0.3, 0.4) is 0 Å². The Bertz CT molecular complexity index is 690. The smallest absolute Gasteiger partial charge is 0.328 e. The van der Waals surface area contributed by atoms with Crippen molar-refractivity contribution in [2.75, 3.05) is 13.6 Å². The molecule has 26 heavy (non-hydrogen) atoms. The van der Waals surface area contributed by atoms with E-state index in [-0.39, 0.29) is 0 Å². The lowest BCUT2D eigenvalue weighted by atomic mass is 9.91. The Morgan fingerprint density at radius 1 is 1.42 bits per heavy atom. The van der Waals surface area contributed by atoms with Crippen LogP contribution in [-0.4, -0.2) is 56.3 Å². The van der Waals surface area contributed by atoms with E-state index >= 15 is 0 Å². The number of terminal acetylenes is 1. The molecule has 1 saturated heterocycles. The summed E-state index contributed by atoms with van der Waals surface area (Å²) in [6, 6.07) is 2.37. The molecule has 0 radical (unpaired) electrons. The summed E-state index contributed by atoms with van der Waals surface area (Å²) in [6.45, 7) is 2.79. The number of aliphatic carboxylic acids is 2. The Morgan fingerprint density at radius 3 is 2.50 bits per heavy atom. The fraction of sp³-hybridized carbons (Fsp3) is 0.421. The largest absolute Gasteiger partial charge is 0.478 e. The van der Waals surface area contributed by atoms with E-state index in [1.54, 1.807) is 13.1 Å². The minimum Gasteiger partial charge on any atom is -0.478 e. The molecule has 0 aliphatic carbocycles. The standard InChI is InChI=1S/C15H20N2O.C4H4O4/c1-4-15(2,18)10-12-7-8-16-11-13(12)14-6-5-9-17(14)3;5-3(6)1-2-4(7)8/h1,7-8,11,14,18H,5-6,9-10H2,2-3H3;1-2H,(H,5,6)(H,7,8). The molecule has 140 valence electrons. The molecule has 0 aromatic carbocycles. The lowest BCUT2D eigenvalue weighted by molar-refractivity contribution is -0.134. The van der Waals surface area contributed by atoms with E-state index in [0.717, 1.165) is 18.5 Å².